The second kappa shape index (κ2) is 10.2. The lowest BCUT2D eigenvalue weighted by Crippen LogP contribution is -2.57. The van der Waals surface area contributed by atoms with Crippen molar-refractivity contribution in [3.63, 3.8) is 0 Å². The average Bonchev–Trinajstić information content (AvgIpc) is 2.61. The average molecular weight is 401 g/mol. The number of aliphatic hydroxyl groups excluding tert-OH is 2. The molecular formula is C23H44O5. The Hall–Kier alpha value is -0.200. The van der Waals surface area contributed by atoms with Crippen LogP contribution >= 0.6 is 0 Å². The van der Waals surface area contributed by atoms with Crippen LogP contribution in [0.5, 0.6) is 0 Å². The Kier molecular flexibility index (Phi) is 8.78. The van der Waals surface area contributed by atoms with E-state index in [2.05, 4.69) is 41.5 Å². The molecule has 0 spiro atoms. The van der Waals surface area contributed by atoms with E-state index >= 15 is 0 Å². The second-order valence-corrected chi connectivity index (χ2v) is 10.2. The van der Waals surface area contributed by atoms with Crippen LogP contribution in [0.3, 0.4) is 0 Å². The van der Waals surface area contributed by atoms with E-state index < -0.39 is 12.6 Å². The van der Waals surface area contributed by atoms with Gasteiger partial charge in [0.1, 0.15) is 0 Å². The highest BCUT2D eigenvalue weighted by atomic mass is 16.6. The molecule has 1 aliphatic carbocycles. The minimum atomic E-state index is -1.40. The normalized spacial score (nSPS) is 40.0. The van der Waals surface area contributed by atoms with Gasteiger partial charge in [0.25, 0.3) is 0 Å². The van der Waals surface area contributed by atoms with Gasteiger partial charge in [0.15, 0.2) is 12.6 Å². The largest absolute Gasteiger partial charge is 0.371 e. The molecule has 2 fully saturated rings. The summed E-state index contributed by atoms with van der Waals surface area (Å²) in [6.45, 7) is 13.5. The SMILES string of the molecule is CC(C)CCC[C@]1(C)CCC2C(C)C(OC(O)CCC(O)O)C(C)C(C)C2O1. The fraction of sp³-hybridized carbons (Fsp3) is 1.00. The molecular weight excluding hydrogens is 356 g/mol. The molecule has 0 aromatic rings. The minimum Gasteiger partial charge on any atom is -0.371 e. The summed E-state index contributed by atoms with van der Waals surface area (Å²) in [4.78, 5) is 0. The number of hydrogen-bond acceptors (Lipinski definition) is 5. The van der Waals surface area contributed by atoms with Gasteiger partial charge in [-0.05, 0) is 55.8 Å². The van der Waals surface area contributed by atoms with Gasteiger partial charge < -0.3 is 24.8 Å². The van der Waals surface area contributed by atoms with Crippen LogP contribution < -0.4 is 0 Å². The molecule has 5 heteroatoms. The Morgan fingerprint density at radius 3 is 2.29 bits per heavy atom. The summed E-state index contributed by atoms with van der Waals surface area (Å²) >= 11 is 0. The Bertz CT molecular complexity index is 468. The van der Waals surface area contributed by atoms with E-state index in [4.69, 9.17) is 19.7 Å². The predicted molar refractivity (Wildman–Crippen MR) is 111 cm³/mol. The van der Waals surface area contributed by atoms with E-state index in [0.717, 1.165) is 25.2 Å². The second-order valence-electron chi connectivity index (χ2n) is 10.2. The Morgan fingerprint density at radius 1 is 1.00 bits per heavy atom. The highest BCUT2D eigenvalue weighted by molar-refractivity contribution is 4.99. The van der Waals surface area contributed by atoms with Crippen LogP contribution in [0, 0.1) is 29.6 Å². The quantitative estimate of drug-likeness (QED) is 0.508. The summed E-state index contributed by atoms with van der Waals surface area (Å²) in [5, 5.41) is 28.3. The molecule has 2 aliphatic rings. The topological polar surface area (TPSA) is 79.2 Å². The van der Waals surface area contributed by atoms with E-state index in [1.165, 1.54) is 12.8 Å². The van der Waals surface area contributed by atoms with Gasteiger partial charge in [-0.25, -0.2) is 0 Å². The standard InChI is InChI=1S/C23H44O5/c1-14(2)8-7-12-23(6)13-11-18-17(5)21(15(3)16(4)22(18)28-23)27-20(26)10-9-19(24)25/h14-22,24-26H,7-13H2,1-6H3/t15?,16?,17?,18?,20?,21?,22?,23-/m1/s1. The van der Waals surface area contributed by atoms with Crippen LogP contribution in [0.4, 0.5) is 0 Å². The van der Waals surface area contributed by atoms with E-state index in [1.807, 2.05) is 0 Å². The van der Waals surface area contributed by atoms with E-state index in [0.29, 0.717) is 17.8 Å². The summed E-state index contributed by atoms with van der Waals surface area (Å²) < 4.78 is 12.8. The first-order valence-electron chi connectivity index (χ1n) is 11.4. The molecule has 0 aromatic carbocycles. The van der Waals surface area contributed by atoms with E-state index in [9.17, 15) is 5.11 Å². The maximum absolute atomic E-state index is 10.2. The highest BCUT2D eigenvalue weighted by Gasteiger charge is 2.51. The third-order valence-corrected chi connectivity index (χ3v) is 7.38. The molecule has 8 atom stereocenters. The van der Waals surface area contributed by atoms with Gasteiger partial charge in [-0.1, -0.05) is 47.5 Å². The fourth-order valence-electron chi connectivity index (χ4n) is 5.35. The molecule has 166 valence electrons. The Labute approximate surface area is 171 Å². The summed E-state index contributed by atoms with van der Waals surface area (Å²) in [6.07, 6.45) is 4.06. The van der Waals surface area contributed by atoms with Crippen molar-refractivity contribution in [2.24, 2.45) is 29.6 Å². The Morgan fingerprint density at radius 2 is 1.68 bits per heavy atom. The number of rotatable bonds is 9. The molecule has 5 nitrogen and oxygen atoms in total. The lowest BCUT2D eigenvalue weighted by atomic mass is 9.62. The van der Waals surface area contributed by atoms with Crippen molar-refractivity contribution in [2.75, 3.05) is 0 Å². The number of aliphatic hydroxyl groups is 3. The third kappa shape index (κ3) is 6.15. The van der Waals surface area contributed by atoms with Crippen molar-refractivity contribution in [1.29, 1.82) is 0 Å². The van der Waals surface area contributed by atoms with Gasteiger partial charge in [-0.3, -0.25) is 0 Å². The number of hydrogen-bond donors (Lipinski definition) is 3. The van der Waals surface area contributed by atoms with Crippen LogP contribution in [0.2, 0.25) is 0 Å². The van der Waals surface area contributed by atoms with Crippen LogP contribution in [0.15, 0.2) is 0 Å². The van der Waals surface area contributed by atoms with Gasteiger partial charge in [0, 0.05) is 12.8 Å². The molecule has 0 bridgehead atoms. The van der Waals surface area contributed by atoms with E-state index in [-0.39, 0.29) is 36.6 Å². The lowest BCUT2D eigenvalue weighted by Gasteiger charge is -2.55. The Balaban J connectivity index is 1.98. The van der Waals surface area contributed by atoms with Gasteiger partial charge in [0.05, 0.1) is 17.8 Å². The van der Waals surface area contributed by atoms with Crippen molar-refractivity contribution in [3.8, 4) is 0 Å². The molecule has 0 radical (unpaired) electrons. The van der Waals surface area contributed by atoms with Gasteiger partial charge in [-0.15, -0.1) is 0 Å². The highest BCUT2D eigenvalue weighted by Crippen LogP contribution is 2.49. The van der Waals surface area contributed by atoms with Gasteiger partial charge in [-0.2, -0.15) is 0 Å². The number of fused-ring (bicyclic) bond motifs is 1. The third-order valence-electron chi connectivity index (χ3n) is 7.38. The molecule has 2 rings (SSSR count). The van der Waals surface area contributed by atoms with E-state index in [1.54, 1.807) is 0 Å². The number of ether oxygens (including phenoxy) is 2. The molecule has 1 saturated carbocycles. The zero-order valence-electron chi connectivity index (χ0n) is 18.8. The summed E-state index contributed by atoms with van der Waals surface area (Å²) in [5.41, 5.74) is -0.0196. The van der Waals surface area contributed by atoms with Crippen LogP contribution in [-0.2, 0) is 9.47 Å². The zero-order chi connectivity index (χ0) is 21.1. The predicted octanol–water partition coefficient (Wildman–Crippen LogP) is 4.08. The first-order valence-corrected chi connectivity index (χ1v) is 11.4. The minimum absolute atomic E-state index is 0.0196. The van der Waals surface area contributed by atoms with Crippen LogP contribution in [0.25, 0.3) is 0 Å². The molecule has 3 N–H and O–H groups in total. The molecule has 0 amide bonds. The van der Waals surface area contributed by atoms with Crippen molar-refractivity contribution in [2.45, 2.75) is 117 Å². The maximum Gasteiger partial charge on any atom is 0.155 e. The van der Waals surface area contributed by atoms with Crippen molar-refractivity contribution >= 4 is 0 Å². The summed E-state index contributed by atoms with van der Waals surface area (Å²) in [5.74, 6) is 2.15. The molecule has 1 saturated heterocycles. The zero-order valence-corrected chi connectivity index (χ0v) is 18.8. The van der Waals surface area contributed by atoms with Gasteiger partial charge >= 0.3 is 0 Å². The fourth-order valence-corrected chi connectivity index (χ4v) is 5.35. The van der Waals surface area contributed by atoms with Crippen LogP contribution in [0.1, 0.15) is 86.5 Å². The monoisotopic (exact) mass is 400 g/mol. The van der Waals surface area contributed by atoms with Crippen molar-refractivity contribution in [1.82, 2.24) is 0 Å². The molecule has 1 heterocycles. The van der Waals surface area contributed by atoms with Crippen molar-refractivity contribution < 1.29 is 24.8 Å². The first kappa shape index (κ1) is 24.1. The molecule has 0 aromatic heterocycles. The van der Waals surface area contributed by atoms with Crippen molar-refractivity contribution in [3.05, 3.63) is 0 Å². The summed E-state index contributed by atoms with van der Waals surface area (Å²) in [7, 11) is 0. The maximum atomic E-state index is 10.2. The first-order chi connectivity index (χ1) is 13.0. The smallest absolute Gasteiger partial charge is 0.155 e. The molecule has 7 unspecified atom stereocenters. The van der Waals surface area contributed by atoms with Gasteiger partial charge in [0.2, 0.25) is 0 Å². The molecule has 28 heavy (non-hydrogen) atoms. The summed E-state index contributed by atoms with van der Waals surface area (Å²) in [6, 6.07) is 0. The van der Waals surface area contributed by atoms with Crippen LogP contribution in [-0.4, -0.2) is 45.7 Å². The molecule has 1 aliphatic heterocycles. The lowest BCUT2D eigenvalue weighted by molar-refractivity contribution is -0.250.